The molecular formula is C9H8N2O. The molecule has 0 saturated heterocycles. The van der Waals surface area contributed by atoms with E-state index in [1.54, 1.807) is 12.4 Å². The highest BCUT2D eigenvalue weighted by Crippen LogP contribution is 2.15. The number of fused-ring (bicyclic) bond motifs is 1. The maximum Gasteiger partial charge on any atom is 0.152 e. The molecule has 0 spiro atoms. The summed E-state index contributed by atoms with van der Waals surface area (Å²) in [6.45, 7) is 1.90. The van der Waals surface area contributed by atoms with Crippen molar-refractivity contribution in [2.75, 3.05) is 0 Å². The Morgan fingerprint density at radius 3 is 3.17 bits per heavy atom. The number of carbonyl (C=O) groups excluding carboxylic acids is 1. The number of aromatic nitrogens is 2. The number of hydrogen-bond donors (Lipinski definition) is 1. The minimum Gasteiger partial charge on any atom is -0.359 e. The molecule has 0 fully saturated rings. The molecule has 2 rings (SSSR count). The number of aromatic amines is 1. The van der Waals surface area contributed by atoms with E-state index in [9.17, 15) is 4.79 Å². The molecule has 3 nitrogen and oxygen atoms in total. The molecule has 0 amide bonds. The number of nitrogens with zero attached hydrogens (tertiary/aromatic N) is 1. The second-order valence-electron chi connectivity index (χ2n) is 2.73. The van der Waals surface area contributed by atoms with E-state index in [1.165, 1.54) is 0 Å². The van der Waals surface area contributed by atoms with E-state index >= 15 is 0 Å². The van der Waals surface area contributed by atoms with Crippen molar-refractivity contribution in [3.8, 4) is 0 Å². The molecule has 0 aliphatic heterocycles. The predicted molar refractivity (Wildman–Crippen MR) is 46.2 cm³/mol. The van der Waals surface area contributed by atoms with E-state index in [4.69, 9.17) is 0 Å². The summed E-state index contributed by atoms with van der Waals surface area (Å²) in [7, 11) is 0. The Labute approximate surface area is 69.4 Å². The third-order valence-electron chi connectivity index (χ3n) is 1.86. The summed E-state index contributed by atoms with van der Waals surface area (Å²) in [6.07, 6.45) is 4.27. The number of hydrogen-bond acceptors (Lipinski definition) is 2. The molecule has 0 bridgehead atoms. The van der Waals surface area contributed by atoms with Gasteiger partial charge < -0.3 is 4.98 Å². The molecule has 2 aromatic rings. The Balaban J connectivity index is 2.83. The van der Waals surface area contributed by atoms with Crippen LogP contribution < -0.4 is 0 Å². The third-order valence-corrected chi connectivity index (χ3v) is 1.86. The number of carbonyl (C=O) groups is 1. The van der Waals surface area contributed by atoms with Crippen LogP contribution >= 0.6 is 0 Å². The van der Waals surface area contributed by atoms with Gasteiger partial charge in [-0.3, -0.25) is 9.78 Å². The first-order valence-electron chi connectivity index (χ1n) is 3.70. The van der Waals surface area contributed by atoms with Gasteiger partial charge in [0, 0.05) is 22.8 Å². The van der Waals surface area contributed by atoms with E-state index in [0.717, 1.165) is 22.9 Å². The lowest BCUT2D eigenvalue weighted by molar-refractivity contribution is 0.112. The molecular weight excluding hydrogens is 152 g/mol. The average Bonchev–Trinajstić information content (AvgIpc) is 2.46. The Bertz CT molecular complexity index is 431. The third kappa shape index (κ3) is 0.906. The van der Waals surface area contributed by atoms with E-state index in [1.807, 2.05) is 13.0 Å². The van der Waals surface area contributed by atoms with Crippen molar-refractivity contribution >= 4 is 17.2 Å². The van der Waals surface area contributed by atoms with Crippen LogP contribution in [0.2, 0.25) is 0 Å². The highest BCUT2D eigenvalue weighted by atomic mass is 16.1. The molecule has 0 aromatic carbocycles. The largest absolute Gasteiger partial charge is 0.359 e. The second-order valence-corrected chi connectivity index (χ2v) is 2.73. The number of rotatable bonds is 1. The SMILES string of the molecule is Cc1cc2c(C=O)c[nH]c2cn1. The zero-order valence-corrected chi connectivity index (χ0v) is 6.66. The van der Waals surface area contributed by atoms with Gasteiger partial charge in [0.15, 0.2) is 6.29 Å². The second kappa shape index (κ2) is 2.44. The van der Waals surface area contributed by atoms with Crippen molar-refractivity contribution in [3.63, 3.8) is 0 Å². The molecule has 0 atom stereocenters. The van der Waals surface area contributed by atoms with Gasteiger partial charge in [0.2, 0.25) is 0 Å². The smallest absolute Gasteiger partial charge is 0.152 e. The summed E-state index contributed by atoms with van der Waals surface area (Å²) in [4.78, 5) is 17.6. The fourth-order valence-electron chi connectivity index (χ4n) is 1.24. The van der Waals surface area contributed by atoms with E-state index in [-0.39, 0.29) is 0 Å². The van der Waals surface area contributed by atoms with Crippen molar-refractivity contribution in [1.82, 2.24) is 9.97 Å². The Hall–Kier alpha value is -1.64. The standard InChI is InChI=1S/C9H8N2O/c1-6-2-8-7(5-12)3-11-9(8)4-10-6/h2-5,11H,1H3. The van der Waals surface area contributed by atoms with Crippen LogP contribution in [0.25, 0.3) is 10.9 Å². The van der Waals surface area contributed by atoms with Gasteiger partial charge in [-0.15, -0.1) is 0 Å². The van der Waals surface area contributed by atoms with Crippen LogP contribution in [0.5, 0.6) is 0 Å². The quantitative estimate of drug-likeness (QED) is 0.645. The first kappa shape index (κ1) is 7.03. The van der Waals surface area contributed by atoms with Gasteiger partial charge in [-0.2, -0.15) is 0 Å². The summed E-state index contributed by atoms with van der Waals surface area (Å²) >= 11 is 0. The molecule has 0 aliphatic carbocycles. The summed E-state index contributed by atoms with van der Waals surface area (Å²) in [6, 6.07) is 1.90. The topological polar surface area (TPSA) is 45.8 Å². The molecule has 0 radical (unpaired) electrons. The Morgan fingerprint density at radius 2 is 2.42 bits per heavy atom. The molecule has 12 heavy (non-hydrogen) atoms. The number of nitrogens with one attached hydrogen (secondary N) is 1. The lowest BCUT2D eigenvalue weighted by atomic mass is 10.2. The van der Waals surface area contributed by atoms with Crippen LogP contribution in [0.15, 0.2) is 18.5 Å². The summed E-state index contributed by atoms with van der Waals surface area (Å²) < 4.78 is 0. The lowest BCUT2D eigenvalue weighted by Crippen LogP contribution is -1.80. The van der Waals surface area contributed by atoms with Crippen LogP contribution in [-0.2, 0) is 0 Å². The summed E-state index contributed by atoms with van der Waals surface area (Å²) in [5, 5.41) is 0.942. The summed E-state index contributed by atoms with van der Waals surface area (Å²) in [5.41, 5.74) is 2.52. The van der Waals surface area contributed by atoms with Gasteiger partial charge in [-0.25, -0.2) is 0 Å². The molecule has 0 saturated carbocycles. The Kier molecular flexibility index (Phi) is 1.43. The molecule has 2 heterocycles. The molecule has 3 heteroatoms. The van der Waals surface area contributed by atoms with Crippen molar-refractivity contribution in [1.29, 1.82) is 0 Å². The van der Waals surface area contributed by atoms with Crippen molar-refractivity contribution in [3.05, 3.63) is 29.7 Å². The maximum atomic E-state index is 10.6. The minimum atomic E-state index is 0.690. The average molecular weight is 160 g/mol. The number of aryl methyl sites for hydroxylation is 1. The molecule has 0 aliphatic rings. The van der Waals surface area contributed by atoms with Crippen LogP contribution in [0.4, 0.5) is 0 Å². The first-order chi connectivity index (χ1) is 5.81. The normalized spacial score (nSPS) is 10.4. The fraction of sp³-hybridized carbons (Fsp3) is 0.111. The van der Waals surface area contributed by atoms with E-state index in [2.05, 4.69) is 9.97 Å². The van der Waals surface area contributed by atoms with Crippen LogP contribution in [0, 0.1) is 6.92 Å². The maximum absolute atomic E-state index is 10.6. The number of pyridine rings is 1. The van der Waals surface area contributed by atoms with Crippen molar-refractivity contribution < 1.29 is 4.79 Å². The van der Waals surface area contributed by atoms with Crippen molar-refractivity contribution in [2.24, 2.45) is 0 Å². The van der Waals surface area contributed by atoms with Gasteiger partial charge in [-0.05, 0) is 13.0 Å². The van der Waals surface area contributed by atoms with Crippen LogP contribution in [0.3, 0.4) is 0 Å². The predicted octanol–water partition coefficient (Wildman–Crippen LogP) is 1.68. The number of aldehydes is 1. The van der Waals surface area contributed by atoms with Crippen molar-refractivity contribution in [2.45, 2.75) is 6.92 Å². The number of H-pyrrole nitrogens is 1. The highest BCUT2D eigenvalue weighted by Gasteiger charge is 2.01. The van der Waals surface area contributed by atoms with E-state index in [0.29, 0.717) is 5.56 Å². The molecule has 0 unspecified atom stereocenters. The van der Waals surface area contributed by atoms with Gasteiger partial charge in [0.05, 0.1) is 11.7 Å². The van der Waals surface area contributed by atoms with Gasteiger partial charge in [-0.1, -0.05) is 0 Å². The van der Waals surface area contributed by atoms with Gasteiger partial charge in [0.25, 0.3) is 0 Å². The monoisotopic (exact) mass is 160 g/mol. The van der Waals surface area contributed by atoms with E-state index < -0.39 is 0 Å². The Morgan fingerprint density at radius 1 is 1.58 bits per heavy atom. The first-order valence-corrected chi connectivity index (χ1v) is 3.70. The van der Waals surface area contributed by atoms with Crippen LogP contribution in [0.1, 0.15) is 16.1 Å². The molecule has 2 aromatic heterocycles. The molecule has 60 valence electrons. The zero-order valence-electron chi connectivity index (χ0n) is 6.66. The minimum absolute atomic E-state index is 0.690. The van der Waals surface area contributed by atoms with Gasteiger partial charge in [0.1, 0.15) is 0 Å². The van der Waals surface area contributed by atoms with Crippen LogP contribution in [-0.4, -0.2) is 16.3 Å². The lowest BCUT2D eigenvalue weighted by Gasteiger charge is -1.91. The summed E-state index contributed by atoms with van der Waals surface area (Å²) in [5.74, 6) is 0. The highest BCUT2D eigenvalue weighted by molar-refractivity contribution is 5.96. The molecule has 1 N–H and O–H groups in total. The van der Waals surface area contributed by atoms with Gasteiger partial charge >= 0.3 is 0 Å². The fourth-order valence-corrected chi connectivity index (χ4v) is 1.24. The zero-order chi connectivity index (χ0) is 8.55.